The van der Waals surface area contributed by atoms with Gasteiger partial charge in [0.25, 0.3) is 5.91 Å². The number of halogens is 1. The summed E-state index contributed by atoms with van der Waals surface area (Å²) in [4.78, 5) is 12.2. The minimum atomic E-state index is -0.544. The lowest BCUT2D eigenvalue weighted by Crippen LogP contribution is -2.13. The summed E-state index contributed by atoms with van der Waals surface area (Å²) in [6.45, 7) is 2.76. The molecule has 4 nitrogen and oxygen atoms in total. The van der Waals surface area contributed by atoms with Crippen LogP contribution < -0.4 is 10.1 Å². The molecule has 0 atom stereocenters. The second-order valence-electron chi connectivity index (χ2n) is 5.40. The Bertz CT molecular complexity index is 775. The number of hydrogen-bond donors (Lipinski definition) is 1. The Balaban J connectivity index is 2.04. The van der Waals surface area contributed by atoms with Crippen LogP contribution in [0.2, 0.25) is 0 Å². The summed E-state index contributed by atoms with van der Waals surface area (Å²) in [5.41, 5.74) is 1.10. The molecule has 2 aromatic carbocycles. The number of nitrogens with one attached hydrogen (secondary N) is 1. The van der Waals surface area contributed by atoms with Crippen LogP contribution in [0.5, 0.6) is 5.75 Å². The first-order valence-corrected chi connectivity index (χ1v) is 8.04. The molecule has 5 heteroatoms. The Hall–Kier alpha value is -3.13. The third kappa shape index (κ3) is 5.78. The van der Waals surface area contributed by atoms with E-state index in [-0.39, 0.29) is 5.57 Å². The Morgan fingerprint density at radius 1 is 1.20 bits per heavy atom. The van der Waals surface area contributed by atoms with Crippen molar-refractivity contribution >= 4 is 17.7 Å². The number of nitriles is 1. The molecule has 0 aliphatic carbocycles. The Kier molecular flexibility index (Phi) is 6.73. The number of benzene rings is 2. The standard InChI is InChI=1S/C20H19FN2O2/c1-2-3-12-25-19-10-4-15(5-11-19)13-16(14-22)20(24)23-18-8-6-17(21)7-9-18/h4-11,13H,2-3,12H2,1H3,(H,23,24)/b16-13+. The zero-order valence-corrected chi connectivity index (χ0v) is 14.0. The van der Waals surface area contributed by atoms with Crippen LogP contribution in [0.3, 0.4) is 0 Å². The highest BCUT2D eigenvalue weighted by Gasteiger charge is 2.09. The van der Waals surface area contributed by atoms with Crippen molar-refractivity contribution in [2.45, 2.75) is 19.8 Å². The zero-order valence-electron chi connectivity index (χ0n) is 14.0. The zero-order chi connectivity index (χ0) is 18.1. The normalized spacial score (nSPS) is 10.8. The van der Waals surface area contributed by atoms with E-state index in [1.165, 1.54) is 30.3 Å². The molecule has 0 fully saturated rings. The summed E-state index contributed by atoms with van der Waals surface area (Å²) in [7, 11) is 0. The minimum Gasteiger partial charge on any atom is -0.494 e. The summed E-state index contributed by atoms with van der Waals surface area (Å²) in [5, 5.41) is 11.8. The van der Waals surface area contributed by atoms with E-state index >= 15 is 0 Å². The van der Waals surface area contributed by atoms with Gasteiger partial charge in [0.15, 0.2) is 0 Å². The summed E-state index contributed by atoms with van der Waals surface area (Å²) >= 11 is 0. The fourth-order valence-corrected chi connectivity index (χ4v) is 2.04. The second kappa shape index (κ2) is 9.24. The SMILES string of the molecule is CCCCOc1ccc(/C=C(\C#N)C(=O)Nc2ccc(F)cc2)cc1. The van der Waals surface area contributed by atoms with Crippen molar-refractivity contribution < 1.29 is 13.9 Å². The van der Waals surface area contributed by atoms with Crippen molar-refractivity contribution in [1.29, 1.82) is 5.26 Å². The maximum atomic E-state index is 12.9. The van der Waals surface area contributed by atoms with Gasteiger partial charge in [-0.15, -0.1) is 0 Å². The van der Waals surface area contributed by atoms with Crippen molar-refractivity contribution in [3.63, 3.8) is 0 Å². The highest BCUT2D eigenvalue weighted by molar-refractivity contribution is 6.09. The van der Waals surface area contributed by atoms with Crippen LogP contribution in [-0.2, 0) is 4.79 Å². The summed E-state index contributed by atoms with van der Waals surface area (Å²) in [6, 6.07) is 14.4. The average molecular weight is 338 g/mol. The van der Waals surface area contributed by atoms with Gasteiger partial charge in [0.2, 0.25) is 0 Å². The number of anilines is 1. The van der Waals surface area contributed by atoms with Gasteiger partial charge in [-0.05, 0) is 54.5 Å². The van der Waals surface area contributed by atoms with Crippen LogP contribution in [0.15, 0.2) is 54.1 Å². The first-order chi connectivity index (χ1) is 12.1. The third-order valence-electron chi connectivity index (χ3n) is 3.42. The maximum absolute atomic E-state index is 12.9. The van der Waals surface area contributed by atoms with E-state index in [9.17, 15) is 14.4 Å². The quantitative estimate of drug-likeness (QED) is 0.458. The highest BCUT2D eigenvalue weighted by Crippen LogP contribution is 2.16. The molecule has 2 aromatic rings. The van der Waals surface area contributed by atoms with Gasteiger partial charge in [-0.2, -0.15) is 5.26 Å². The first kappa shape index (κ1) is 18.2. The monoisotopic (exact) mass is 338 g/mol. The van der Waals surface area contributed by atoms with Crippen molar-refractivity contribution in [2.24, 2.45) is 0 Å². The van der Waals surface area contributed by atoms with Gasteiger partial charge in [0.1, 0.15) is 23.2 Å². The van der Waals surface area contributed by atoms with Crippen LogP contribution in [0.1, 0.15) is 25.3 Å². The molecule has 0 saturated carbocycles. The van der Waals surface area contributed by atoms with Gasteiger partial charge in [0, 0.05) is 5.69 Å². The van der Waals surface area contributed by atoms with Crippen LogP contribution >= 0.6 is 0 Å². The highest BCUT2D eigenvalue weighted by atomic mass is 19.1. The van der Waals surface area contributed by atoms with Gasteiger partial charge >= 0.3 is 0 Å². The minimum absolute atomic E-state index is 0.0380. The third-order valence-corrected chi connectivity index (χ3v) is 3.42. The van der Waals surface area contributed by atoms with E-state index in [1.807, 2.05) is 6.07 Å². The van der Waals surface area contributed by atoms with Gasteiger partial charge in [-0.25, -0.2) is 4.39 Å². The van der Waals surface area contributed by atoms with Gasteiger partial charge in [-0.3, -0.25) is 4.79 Å². The summed E-state index contributed by atoms with van der Waals surface area (Å²) < 4.78 is 18.5. The van der Waals surface area contributed by atoms with E-state index in [4.69, 9.17) is 4.74 Å². The lowest BCUT2D eigenvalue weighted by Gasteiger charge is -2.06. The molecule has 0 aromatic heterocycles. The molecular formula is C20H19FN2O2. The van der Waals surface area contributed by atoms with E-state index < -0.39 is 11.7 Å². The fourth-order valence-electron chi connectivity index (χ4n) is 2.04. The van der Waals surface area contributed by atoms with E-state index in [2.05, 4.69) is 12.2 Å². The number of unbranched alkanes of at least 4 members (excludes halogenated alkanes) is 1. The molecular weight excluding hydrogens is 319 g/mol. The second-order valence-corrected chi connectivity index (χ2v) is 5.40. The van der Waals surface area contributed by atoms with E-state index in [0.29, 0.717) is 17.9 Å². The van der Waals surface area contributed by atoms with E-state index in [1.54, 1.807) is 24.3 Å². The number of amides is 1. The number of carbonyl (C=O) groups excluding carboxylic acids is 1. The topological polar surface area (TPSA) is 62.1 Å². The molecule has 0 spiro atoms. The van der Waals surface area contributed by atoms with Crippen molar-refractivity contribution in [3.05, 3.63) is 65.5 Å². The molecule has 128 valence electrons. The lowest BCUT2D eigenvalue weighted by atomic mass is 10.1. The molecule has 0 aliphatic rings. The first-order valence-electron chi connectivity index (χ1n) is 8.04. The number of carbonyl (C=O) groups is 1. The number of rotatable bonds is 7. The largest absolute Gasteiger partial charge is 0.494 e. The average Bonchev–Trinajstić information content (AvgIpc) is 2.63. The van der Waals surface area contributed by atoms with E-state index in [0.717, 1.165) is 18.6 Å². The Labute approximate surface area is 146 Å². The van der Waals surface area contributed by atoms with Gasteiger partial charge in [0.05, 0.1) is 6.61 Å². The molecule has 0 bridgehead atoms. The molecule has 0 radical (unpaired) electrons. The molecule has 0 unspecified atom stereocenters. The molecule has 1 amide bonds. The molecule has 1 N–H and O–H groups in total. The Morgan fingerprint density at radius 3 is 2.48 bits per heavy atom. The number of ether oxygens (including phenoxy) is 1. The number of nitrogens with zero attached hydrogens (tertiary/aromatic N) is 1. The van der Waals surface area contributed by atoms with Crippen LogP contribution in [-0.4, -0.2) is 12.5 Å². The molecule has 0 saturated heterocycles. The predicted octanol–water partition coefficient (Wildman–Crippen LogP) is 4.55. The van der Waals surface area contributed by atoms with Crippen LogP contribution in [0, 0.1) is 17.1 Å². The van der Waals surface area contributed by atoms with Gasteiger partial charge in [-0.1, -0.05) is 25.5 Å². The molecule has 0 heterocycles. The summed E-state index contributed by atoms with van der Waals surface area (Å²) in [6.07, 6.45) is 3.55. The molecule has 2 rings (SSSR count). The van der Waals surface area contributed by atoms with Crippen LogP contribution in [0.25, 0.3) is 6.08 Å². The van der Waals surface area contributed by atoms with Crippen molar-refractivity contribution in [2.75, 3.05) is 11.9 Å². The number of hydrogen-bond acceptors (Lipinski definition) is 3. The molecule has 25 heavy (non-hydrogen) atoms. The lowest BCUT2D eigenvalue weighted by molar-refractivity contribution is -0.112. The Morgan fingerprint density at radius 2 is 1.88 bits per heavy atom. The smallest absolute Gasteiger partial charge is 0.266 e. The molecule has 0 aliphatic heterocycles. The fraction of sp³-hybridized carbons (Fsp3) is 0.200. The van der Waals surface area contributed by atoms with Gasteiger partial charge < -0.3 is 10.1 Å². The van der Waals surface area contributed by atoms with Crippen molar-refractivity contribution in [1.82, 2.24) is 0 Å². The van der Waals surface area contributed by atoms with Crippen molar-refractivity contribution in [3.8, 4) is 11.8 Å². The maximum Gasteiger partial charge on any atom is 0.266 e. The predicted molar refractivity (Wildman–Crippen MR) is 95.5 cm³/mol. The van der Waals surface area contributed by atoms with Crippen LogP contribution in [0.4, 0.5) is 10.1 Å². The summed E-state index contributed by atoms with van der Waals surface area (Å²) in [5.74, 6) is -0.187.